The molecule has 0 aromatic carbocycles. The van der Waals surface area contributed by atoms with Crippen LogP contribution in [-0.4, -0.2) is 54.2 Å². The first-order valence-corrected chi connectivity index (χ1v) is 11.4. The van der Waals surface area contributed by atoms with Crippen LogP contribution < -0.4 is 25.2 Å². The summed E-state index contributed by atoms with van der Waals surface area (Å²) in [6, 6.07) is 5.28. The van der Waals surface area contributed by atoms with E-state index in [4.69, 9.17) is 4.74 Å². The number of hydrogen-bond donors (Lipinski definition) is 2. The number of carbonyl (C=O) groups excluding carboxylic acids is 2. The van der Waals surface area contributed by atoms with Gasteiger partial charge in [-0.25, -0.2) is 14.8 Å². The lowest BCUT2D eigenvalue weighted by Crippen LogP contribution is -2.48. The molecule has 0 spiro atoms. The second-order valence-corrected chi connectivity index (χ2v) is 9.01. The highest BCUT2D eigenvalue weighted by atomic mass is 16.5. The third kappa shape index (κ3) is 3.51. The average molecular weight is 435 g/mol. The van der Waals surface area contributed by atoms with Crippen LogP contribution in [0.15, 0.2) is 24.4 Å². The molecule has 9 nitrogen and oxygen atoms in total. The number of anilines is 3. The Hall–Kier alpha value is -3.36. The number of amides is 3. The monoisotopic (exact) mass is 434 g/mol. The molecule has 1 aliphatic carbocycles. The number of carbonyl (C=O) groups is 2. The van der Waals surface area contributed by atoms with Crippen LogP contribution in [0, 0.1) is 5.92 Å². The van der Waals surface area contributed by atoms with E-state index in [2.05, 4.69) is 25.5 Å². The van der Waals surface area contributed by atoms with Gasteiger partial charge in [-0.2, -0.15) is 0 Å². The zero-order valence-corrected chi connectivity index (χ0v) is 17.8. The first-order valence-electron chi connectivity index (χ1n) is 11.4. The van der Waals surface area contributed by atoms with Crippen LogP contribution in [-0.2, 0) is 6.42 Å². The molecule has 2 fully saturated rings. The van der Waals surface area contributed by atoms with Crippen molar-refractivity contribution in [2.24, 2.45) is 5.92 Å². The highest BCUT2D eigenvalue weighted by molar-refractivity contribution is 6.05. The van der Waals surface area contributed by atoms with E-state index in [-0.39, 0.29) is 18.0 Å². The van der Waals surface area contributed by atoms with Crippen molar-refractivity contribution in [2.45, 2.75) is 38.1 Å². The van der Waals surface area contributed by atoms with Gasteiger partial charge in [-0.15, -0.1) is 0 Å². The van der Waals surface area contributed by atoms with Crippen molar-refractivity contribution in [1.82, 2.24) is 15.3 Å². The fraction of sp³-hybridized carbons (Fsp3) is 0.478. The minimum atomic E-state index is -0.273. The summed E-state index contributed by atoms with van der Waals surface area (Å²) in [5.41, 5.74) is 2.29. The van der Waals surface area contributed by atoms with E-state index in [1.165, 1.54) is 12.8 Å². The number of aryl methyl sites for hydroxylation is 1. The molecule has 3 aliphatic heterocycles. The molecule has 0 radical (unpaired) electrons. The van der Waals surface area contributed by atoms with Crippen molar-refractivity contribution >= 4 is 29.3 Å². The number of fused-ring (bicyclic) bond motifs is 5. The molecule has 1 saturated carbocycles. The van der Waals surface area contributed by atoms with Crippen molar-refractivity contribution in [2.75, 3.05) is 41.4 Å². The number of pyridine rings is 2. The summed E-state index contributed by atoms with van der Waals surface area (Å²) in [5.74, 6) is 2.23. The van der Waals surface area contributed by atoms with Crippen LogP contribution in [0.1, 0.15) is 41.7 Å². The molecule has 1 saturated heterocycles. The summed E-state index contributed by atoms with van der Waals surface area (Å²) in [4.78, 5) is 38.9. The molecule has 2 aromatic rings. The Morgan fingerprint density at radius 1 is 1.22 bits per heavy atom. The highest BCUT2D eigenvalue weighted by Gasteiger charge is 2.40. The van der Waals surface area contributed by atoms with Crippen LogP contribution in [0.5, 0.6) is 5.75 Å². The Morgan fingerprint density at radius 2 is 2.12 bits per heavy atom. The molecule has 0 unspecified atom stereocenters. The summed E-state index contributed by atoms with van der Waals surface area (Å²) in [6.45, 7) is 3.02. The van der Waals surface area contributed by atoms with Crippen LogP contribution in [0.2, 0.25) is 0 Å². The van der Waals surface area contributed by atoms with Gasteiger partial charge >= 0.3 is 6.03 Å². The lowest BCUT2D eigenvalue weighted by Gasteiger charge is -2.35. The maximum absolute atomic E-state index is 13.4. The maximum Gasteiger partial charge on any atom is 0.329 e. The van der Waals surface area contributed by atoms with Gasteiger partial charge in [0.2, 0.25) is 0 Å². The second-order valence-electron chi connectivity index (χ2n) is 9.01. The number of nitrogens with zero attached hydrogens (tertiary/aromatic N) is 4. The minimum absolute atomic E-state index is 0.0146. The number of hydrogen-bond acceptors (Lipinski definition) is 6. The maximum atomic E-state index is 13.4. The van der Waals surface area contributed by atoms with Gasteiger partial charge < -0.3 is 15.0 Å². The summed E-state index contributed by atoms with van der Waals surface area (Å²) in [7, 11) is 0. The molecular formula is C23H26N6O3. The Labute approximate surface area is 186 Å². The van der Waals surface area contributed by atoms with Crippen LogP contribution in [0.25, 0.3) is 0 Å². The lowest BCUT2D eigenvalue weighted by atomic mass is 10.1. The molecule has 4 aliphatic rings. The molecule has 1 atom stereocenters. The Bertz CT molecular complexity index is 1090. The van der Waals surface area contributed by atoms with Crippen molar-refractivity contribution < 1.29 is 14.3 Å². The minimum Gasteiger partial charge on any atom is -0.492 e. The Morgan fingerprint density at radius 3 is 3.00 bits per heavy atom. The number of rotatable bonds is 4. The molecule has 32 heavy (non-hydrogen) atoms. The molecule has 2 aromatic heterocycles. The number of ether oxygens (including phenoxy) is 1. The van der Waals surface area contributed by atoms with E-state index < -0.39 is 0 Å². The van der Waals surface area contributed by atoms with Crippen molar-refractivity contribution in [1.29, 1.82) is 0 Å². The van der Waals surface area contributed by atoms with Crippen molar-refractivity contribution in [3.63, 3.8) is 0 Å². The molecule has 2 bridgehead atoms. The fourth-order valence-corrected chi connectivity index (χ4v) is 4.74. The van der Waals surface area contributed by atoms with E-state index in [1.54, 1.807) is 17.2 Å². The predicted molar refractivity (Wildman–Crippen MR) is 119 cm³/mol. The zero-order valence-electron chi connectivity index (χ0n) is 17.8. The highest BCUT2D eigenvalue weighted by Crippen LogP contribution is 2.39. The van der Waals surface area contributed by atoms with Gasteiger partial charge in [-0.3, -0.25) is 15.0 Å². The molecule has 166 valence electrons. The van der Waals surface area contributed by atoms with E-state index in [0.29, 0.717) is 36.4 Å². The van der Waals surface area contributed by atoms with E-state index in [1.807, 2.05) is 12.1 Å². The molecule has 9 heteroatoms. The van der Waals surface area contributed by atoms with E-state index in [9.17, 15) is 9.59 Å². The van der Waals surface area contributed by atoms with E-state index >= 15 is 0 Å². The first kappa shape index (κ1) is 19.3. The molecule has 2 N–H and O–H groups in total. The number of nitrogens with one attached hydrogen (secondary N) is 2. The van der Waals surface area contributed by atoms with Gasteiger partial charge in [-0.05, 0) is 61.8 Å². The summed E-state index contributed by atoms with van der Waals surface area (Å²) >= 11 is 0. The van der Waals surface area contributed by atoms with Crippen molar-refractivity contribution in [3.8, 4) is 5.75 Å². The molecule has 6 rings (SSSR count). The smallest absolute Gasteiger partial charge is 0.329 e. The molecule has 5 heterocycles. The first-order chi connectivity index (χ1) is 15.7. The Balaban J connectivity index is 1.26. The SMILES string of the molecule is O=C(NCC1CC1)c1ccc2c(n1)N(C(=O)Nc1cc3c(cn1)OCCC3)[C@H]1CCN2C1. The van der Waals surface area contributed by atoms with Gasteiger partial charge in [0.1, 0.15) is 17.3 Å². The Kier molecular flexibility index (Phi) is 4.62. The second kappa shape index (κ2) is 7.65. The lowest BCUT2D eigenvalue weighted by molar-refractivity contribution is 0.0947. The van der Waals surface area contributed by atoms with Gasteiger partial charge in [-0.1, -0.05) is 0 Å². The quantitative estimate of drug-likeness (QED) is 0.767. The third-order valence-electron chi connectivity index (χ3n) is 6.68. The molecule has 3 amide bonds. The van der Waals surface area contributed by atoms with Gasteiger partial charge in [0.15, 0.2) is 5.82 Å². The van der Waals surface area contributed by atoms with Crippen LogP contribution in [0.4, 0.5) is 22.1 Å². The normalized spacial score (nSPS) is 20.8. The van der Waals surface area contributed by atoms with Gasteiger partial charge in [0, 0.05) is 19.6 Å². The number of urea groups is 1. The average Bonchev–Trinajstić information content (AvgIpc) is 3.56. The summed E-state index contributed by atoms with van der Waals surface area (Å²) in [6.07, 6.45) is 6.74. The van der Waals surface area contributed by atoms with Gasteiger partial charge in [0.25, 0.3) is 5.91 Å². The van der Waals surface area contributed by atoms with Gasteiger partial charge in [0.05, 0.1) is 24.5 Å². The molecular weight excluding hydrogens is 408 g/mol. The summed E-state index contributed by atoms with van der Waals surface area (Å²) in [5, 5.41) is 5.91. The predicted octanol–water partition coefficient (Wildman–Crippen LogP) is 2.57. The van der Waals surface area contributed by atoms with E-state index in [0.717, 1.165) is 49.4 Å². The largest absolute Gasteiger partial charge is 0.492 e. The van der Waals surface area contributed by atoms with Crippen molar-refractivity contribution in [3.05, 3.63) is 35.7 Å². The summed E-state index contributed by atoms with van der Waals surface area (Å²) < 4.78 is 5.62. The number of aromatic nitrogens is 2. The fourth-order valence-electron chi connectivity index (χ4n) is 4.74. The topological polar surface area (TPSA) is 99.7 Å². The standard InChI is InChI=1S/C23H26N6O3/c30-22(25-11-14-3-4-14)17-5-6-18-21(26-17)29(16-7-8-28(18)13-16)23(31)27-20-10-15-2-1-9-32-19(15)12-24-20/h5-6,10,12,14,16H,1-4,7-9,11,13H2,(H,25,30)(H,24,27,31)/t16-/m0/s1. The third-order valence-corrected chi connectivity index (χ3v) is 6.68. The van der Waals surface area contributed by atoms with Crippen LogP contribution in [0.3, 0.4) is 0 Å². The van der Waals surface area contributed by atoms with Crippen LogP contribution >= 0.6 is 0 Å². The zero-order chi connectivity index (χ0) is 21.7.